The minimum atomic E-state index is -0.630. The second kappa shape index (κ2) is 9.31. The molecule has 1 fully saturated rings. The first-order chi connectivity index (χ1) is 16.5. The molecule has 1 saturated heterocycles. The smallest absolute Gasteiger partial charge is 0.416 e. The van der Waals surface area contributed by atoms with E-state index in [9.17, 15) is 9.59 Å². The number of esters is 1. The summed E-state index contributed by atoms with van der Waals surface area (Å²) in [5.74, 6) is -0.124. The Kier molecular flexibility index (Phi) is 6.23. The molecule has 2 atom stereocenters. The average molecular weight is 483 g/mol. The van der Waals surface area contributed by atoms with Gasteiger partial charge in [-0.1, -0.05) is 29.8 Å². The molecule has 3 heterocycles. The van der Waals surface area contributed by atoms with Gasteiger partial charge >= 0.3 is 12.1 Å². The van der Waals surface area contributed by atoms with E-state index < -0.39 is 18.1 Å². The molecule has 0 bridgehead atoms. The lowest BCUT2D eigenvalue weighted by atomic mass is 9.87. The molecule has 7 nitrogen and oxygen atoms in total. The molecule has 2 aliphatic heterocycles. The van der Waals surface area contributed by atoms with Crippen molar-refractivity contribution in [1.82, 2.24) is 9.80 Å². The summed E-state index contributed by atoms with van der Waals surface area (Å²) in [5.41, 5.74) is 4.13. The molecule has 0 aliphatic carbocycles. The molecule has 0 radical (unpaired) electrons. The quantitative estimate of drug-likeness (QED) is 0.497. The number of nitrogens with zero attached hydrogens (tertiary/aromatic N) is 2. The number of halogens is 1. The number of furan rings is 1. The molecule has 2 aromatic carbocycles. The van der Waals surface area contributed by atoms with Crippen LogP contribution in [0.3, 0.4) is 0 Å². The van der Waals surface area contributed by atoms with Crippen molar-refractivity contribution in [3.8, 4) is 5.75 Å². The molecule has 0 N–H and O–H groups in total. The Bertz CT molecular complexity index is 1240. The Labute approximate surface area is 203 Å². The van der Waals surface area contributed by atoms with Gasteiger partial charge in [-0.25, -0.2) is 9.59 Å². The number of fused-ring (bicyclic) bond motifs is 2. The Morgan fingerprint density at radius 2 is 2.00 bits per heavy atom. The summed E-state index contributed by atoms with van der Waals surface area (Å²) in [6.45, 7) is 2.12. The molecule has 1 unspecified atom stereocenters. The summed E-state index contributed by atoms with van der Waals surface area (Å²) in [5, 5.41) is 1.43. The van der Waals surface area contributed by atoms with Crippen molar-refractivity contribution in [2.45, 2.75) is 31.2 Å². The fourth-order valence-corrected chi connectivity index (χ4v) is 5.34. The van der Waals surface area contributed by atoms with Crippen LogP contribution in [0.15, 0.2) is 47.1 Å². The summed E-state index contributed by atoms with van der Waals surface area (Å²) in [4.78, 5) is 28.8. The van der Waals surface area contributed by atoms with Crippen LogP contribution in [-0.4, -0.2) is 61.7 Å². The van der Waals surface area contributed by atoms with Crippen LogP contribution < -0.4 is 4.74 Å². The number of methoxy groups -OCH3 is 1. The number of carbonyl (C=O) groups excluding carboxylic acids is 2. The molecule has 8 heteroatoms. The number of amides is 1. The van der Waals surface area contributed by atoms with E-state index in [1.165, 1.54) is 12.0 Å². The molecule has 34 heavy (non-hydrogen) atoms. The van der Waals surface area contributed by atoms with Crippen LogP contribution >= 0.6 is 11.6 Å². The molecule has 0 saturated carbocycles. The van der Waals surface area contributed by atoms with E-state index in [0.717, 1.165) is 47.2 Å². The highest BCUT2D eigenvalue weighted by atomic mass is 35.5. The monoisotopic (exact) mass is 482 g/mol. The van der Waals surface area contributed by atoms with Crippen molar-refractivity contribution in [3.05, 3.63) is 64.4 Å². The number of hydrogen-bond donors (Lipinski definition) is 0. The molecule has 5 rings (SSSR count). The Morgan fingerprint density at radius 3 is 2.82 bits per heavy atom. The van der Waals surface area contributed by atoms with Crippen LogP contribution in [-0.2, 0) is 16.0 Å². The van der Waals surface area contributed by atoms with Gasteiger partial charge in [0.25, 0.3) is 0 Å². The molecule has 1 amide bonds. The number of hydrogen-bond acceptors (Lipinski definition) is 6. The zero-order valence-corrected chi connectivity index (χ0v) is 20.0. The molecule has 2 aliphatic rings. The zero-order chi connectivity index (χ0) is 23.8. The highest BCUT2D eigenvalue weighted by Crippen LogP contribution is 2.40. The third-order valence-corrected chi connectivity index (χ3v) is 7.16. The van der Waals surface area contributed by atoms with Gasteiger partial charge in [0.05, 0.1) is 18.4 Å². The second-order valence-corrected chi connectivity index (χ2v) is 9.38. The molecule has 3 aromatic rings. The summed E-state index contributed by atoms with van der Waals surface area (Å²) < 4.78 is 16.4. The first-order valence-electron chi connectivity index (χ1n) is 11.5. The maximum Gasteiger partial charge on any atom is 0.416 e. The van der Waals surface area contributed by atoms with Crippen molar-refractivity contribution < 1.29 is 23.5 Å². The van der Waals surface area contributed by atoms with E-state index >= 15 is 0 Å². The Morgan fingerprint density at radius 1 is 1.15 bits per heavy atom. The molecule has 178 valence electrons. The number of ether oxygens (including phenoxy) is 2. The van der Waals surface area contributed by atoms with Crippen molar-refractivity contribution >= 4 is 34.6 Å². The topological polar surface area (TPSA) is 72.2 Å². The number of para-hydroxylation sites is 1. The standard InChI is InChI=1S/C26H27ClN2O5/c1-28-11-8-17-13-21(27)23(34-26(31)29-10-4-7-22(29)25(30)32-2)14-19(17)20(15-28)18-6-3-5-16-9-12-33-24(16)18/h3,5-6,9,12-14,20,22H,4,7-8,10-11,15H2,1-2H3/t20?,22-/m0/s1. The van der Waals surface area contributed by atoms with Crippen LogP contribution in [0.1, 0.15) is 35.4 Å². The molecular formula is C26H27ClN2O5. The van der Waals surface area contributed by atoms with E-state index in [1.54, 1.807) is 6.26 Å². The largest absolute Gasteiger partial charge is 0.467 e. The highest BCUT2D eigenvalue weighted by Gasteiger charge is 2.36. The van der Waals surface area contributed by atoms with E-state index in [0.29, 0.717) is 30.2 Å². The SMILES string of the molecule is COC(=O)[C@@H]1CCCN1C(=O)Oc1cc2c(cc1Cl)CCN(C)CC2c1cccc2ccoc12. The molecular weight excluding hydrogens is 456 g/mol. The van der Waals surface area contributed by atoms with Gasteiger partial charge < -0.3 is 18.8 Å². The predicted molar refractivity (Wildman–Crippen MR) is 128 cm³/mol. The van der Waals surface area contributed by atoms with Gasteiger partial charge in [0.2, 0.25) is 0 Å². The number of likely N-dealkylation sites (tertiary alicyclic amines) is 1. The first-order valence-corrected chi connectivity index (χ1v) is 11.9. The fraction of sp³-hybridized carbons (Fsp3) is 0.385. The van der Waals surface area contributed by atoms with E-state index in [1.807, 2.05) is 30.3 Å². The first kappa shape index (κ1) is 22.7. The maximum absolute atomic E-state index is 13.0. The van der Waals surface area contributed by atoms with Crippen LogP contribution in [0.25, 0.3) is 11.0 Å². The zero-order valence-electron chi connectivity index (χ0n) is 19.3. The fourth-order valence-electron chi connectivity index (χ4n) is 5.12. The van der Waals surface area contributed by atoms with Crippen LogP contribution in [0.2, 0.25) is 5.02 Å². The third kappa shape index (κ3) is 4.14. The number of rotatable bonds is 3. The summed E-state index contributed by atoms with van der Waals surface area (Å²) in [6, 6.07) is 11.3. The van der Waals surface area contributed by atoms with Crippen molar-refractivity contribution in [2.75, 3.05) is 33.8 Å². The van der Waals surface area contributed by atoms with Gasteiger partial charge in [-0.15, -0.1) is 0 Å². The predicted octanol–water partition coefficient (Wildman–Crippen LogP) is 4.84. The van der Waals surface area contributed by atoms with Crippen LogP contribution in [0.4, 0.5) is 4.79 Å². The van der Waals surface area contributed by atoms with Gasteiger partial charge in [-0.2, -0.15) is 0 Å². The highest BCUT2D eigenvalue weighted by molar-refractivity contribution is 6.32. The third-order valence-electron chi connectivity index (χ3n) is 6.87. The summed E-state index contributed by atoms with van der Waals surface area (Å²) in [7, 11) is 3.42. The second-order valence-electron chi connectivity index (χ2n) is 8.98. The van der Waals surface area contributed by atoms with Crippen LogP contribution in [0.5, 0.6) is 5.75 Å². The molecule has 0 spiro atoms. The number of benzene rings is 2. The van der Waals surface area contributed by atoms with Gasteiger partial charge in [-0.3, -0.25) is 4.90 Å². The van der Waals surface area contributed by atoms with E-state index in [-0.39, 0.29) is 5.92 Å². The van der Waals surface area contributed by atoms with E-state index in [4.69, 9.17) is 25.5 Å². The minimum absolute atomic E-state index is 0.0154. The maximum atomic E-state index is 13.0. The number of carbonyl (C=O) groups is 2. The van der Waals surface area contributed by atoms with E-state index in [2.05, 4.69) is 18.0 Å². The summed E-state index contributed by atoms with van der Waals surface area (Å²) >= 11 is 6.58. The van der Waals surface area contributed by atoms with Gasteiger partial charge in [0.15, 0.2) is 5.75 Å². The van der Waals surface area contributed by atoms with Crippen molar-refractivity contribution in [2.24, 2.45) is 0 Å². The minimum Gasteiger partial charge on any atom is -0.467 e. The van der Waals surface area contributed by atoms with Gasteiger partial charge in [0.1, 0.15) is 11.6 Å². The molecule has 1 aromatic heterocycles. The van der Waals surface area contributed by atoms with Crippen molar-refractivity contribution in [1.29, 1.82) is 0 Å². The lowest BCUT2D eigenvalue weighted by Gasteiger charge is -2.24. The Balaban J connectivity index is 1.51. The van der Waals surface area contributed by atoms with Crippen molar-refractivity contribution in [3.63, 3.8) is 0 Å². The lowest BCUT2D eigenvalue weighted by molar-refractivity contribution is -0.145. The van der Waals surface area contributed by atoms with Crippen LogP contribution in [0, 0.1) is 0 Å². The normalized spacial score (nSPS) is 20.7. The number of likely N-dealkylation sites (N-methyl/N-ethyl adjacent to an activating group) is 1. The van der Waals surface area contributed by atoms with Gasteiger partial charge in [-0.05, 0) is 55.6 Å². The van der Waals surface area contributed by atoms with Gasteiger partial charge in [0, 0.05) is 36.5 Å². The lowest BCUT2D eigenvalue weighted by Crippen LogP contribution is -2.42. The average Bonchev–Trinajstić information content (AvgIpc) is 3.49. The Hall–Kier alpha value is -3.03. The summed E-state index contributed by atoms with van der Waals surface area (Å²) in [6.07, 6.45) is 3.22.